The zero-order chi connectivity index (χ0) is 22.4. The molecule has 0 aliphatic carbocycles. The molecule has 0 radical (unpaired) electrons. The molecule has 0 atom stereocenters. The van der Waals surface area contributed by atoms with Crippen LogP contribution in [-0.2, 0) is 6.54 Å². The molecule has 0 fully saturated rings. The van der Waals surface area contributed by atoms with Crippen LogP contribution in [0, 0.1) is 0 Å². The summed E-state index contributed by atoms with van der Waals surface area (Å²) in [6, 6.07) is 13.4. The Morgan fingerprint density at radius 3 is 2.71 bits per heavy atom. The van der Waals surface area contributed by atoms with Crippen LogP contribution in [-0.4, -0.2) is 60.0 Å². The third-order valence-electron chi connectivity index (χ3n) is 5.02. The van der Waals surface area contributed by atoms with Gasteiger partial charge in [0.15, 0.2) is 0 Å². The number of pyridine rings is 1. The Morgan fingerprint density at radius 1 is 1.23 bits per heavy atom. The molecule has 7 nitrogen and oxygen atoms in total. The van der Waals surface area contributed by atoms with Gasteiger partial charge in [-0.05, 0) is 50.0 Å². The number of hydrogen-bond donors (Lipinski definition) is 2. The van der Waals surface area contributed by atoms with Gasteiger partial charge in [0.2, 0.25) is 0 Å². The van der Waals surface area contributed by atoms with Crippen LogP contribution in [0.4, 0.5) is 0 Å². The quantitative estimate of drug-likeness (QED) is 0.520. The molecule has 0 saturated carbocycles. The predicted molar refractivity (Wildman–Crippen MR) is 125 cm³/mol. The lowest BCUT2D eigenvalue weighted by Crippen LogP contribution is -2.36. The lowest BCUT2D eigenvalue weighted by atomic mass is 10.1. The molecular weight excluding hydrogens is 390 g/mol. The van der Waals surface area contributed by atoms with Crippen molar-refractivity contribution in [1.82, 2.24) is 19.8 Å². The van der Waals surface area contributed by atoms with Crippen LogP contribution in [0.3, 0.4) is 0 Å². The van der Waals surface area contributed by atoms with Gasteiger partial charge in [-0.3, -0.25) is 4.79 Å². The monoisotopic (exact) mass is 419 g/mol. The summed E-state index contributed by atoms with van der Waals surface area (Å²) in [7, 11) is 5.62. The summed E-state index contributed by atoms with van der Waals surface area (Å²) in [4.78, 5) is 25.0. The molecule has 0 saturated heterocycles. The van der Waals surface area contributed by atoms with Crippen LogP contribution in [0.2, 0.25) is 0 Å². The van der Waals surface area contributed by atoms with Crippen LogP contribution < -0.4 is 10.5 Å². The SMILES string of the molecule is C=C/C(=C\N)c1ccc2cc(C(=O)N(CCN(C)C)Cc3cccc(OC)c3)[nH]c2n1. The topological polar surface area (TPSA) is 87.5 Å². The van der Waals surface area contributed by atoms with Crippen LogP contribution in [0.25, 0.3) is 16.6 Å². The first-order valence-electron chi connectivity index (χ1n) is 10.1. The summed E-state index contributed by atoms with van der Waals surface area (Å²) in [5.74, 6) is 0.688. The summed E-state index contributed by atoms with van der Waals surface area (Å²) >= 11 is 0. The van der Waals surface area contributed by atoms with Gasteiger partial charge in [-0.2, -0.15) is 0 Å². The maximum Gasteiger partial charge on any atom is 0.270 e. The number of carbonyl (C=O) groups excluding carboxylic acids is 1. The van der Waals surface area contributed by atoms with Crippen LogP contribution >= 0.6 is 0 Å². The molecule has 7 heteroatoms. The van der Waals surface area contributed by atoms with E-state index in [0.717, 1.165) is 28.8 Å². The number of hydrogen-bond acceptors (Lipinski definition) is 5. The maximum atomic E-state index is 13.4. The molecule has 2 aromatic heterocycles. The van der Waals surface area contributed by atoms with Crippen molar-refractivity contribution in [3.8, 4) is 5.75 Å². The van der Waals surface area contributed by atoms with E-state index >= 15 is 0 Å². The Hall–Kier alpha value is -3.58. The predicted octanol–water partition coefficient (Wildman–Crippen LogP) is 3.26. The molecule has 3 N–H and O–H groups in total. The molecular formula is C24H29N5O2. The lowest BCUT2D eigenvalue weighted by Gasteiger charge is -2.24. The zero-order valence-electron chi connectivity index (χ0n) is 18.3. The first-order chi connectivity index (χ1) is 14.9. The van der Waals surface area contributed by atoms with Gasteiger partial charge in [-0.15, -0.1) is 0 Å². The number of allylic oxidation sites excluding steroid dienone is 2. The van der Waals surface area contributed by atoms with Gasteiger partial charge in [-0.25, -0.2) is 4.98 Å². The number of carbonyl (C=O) groups is 1. The molecule has 162 valence electrons. The van der Waals surface area contributed by atoms with E-state index in [9.17, 15) is 4.79 Å². The van der Waals surface area contributed by atoms with E-state index in [0.29, 0.717) is 30.1 Å². The van der Waals surface area contributed by atoms with Gasteiger partial charge in [-0.1, -0.05) is 24.8 Å². The van der Waals surface area contributed by atoms with Crippen molar-refractivity contribution >= 4 is 22.5 Å². The minimum Gasteiger partial charge on any atom is -0.497 e. The molecule has 1 aromatic carbocycles. The van der Waals surface area contributed by atoms with Crippen molar-refractivity contribution in [1.29, 1.82) is 0 Å². The molecule has 3 aromatic rings. The average molecular weight is 420 g/mol. The second kappa shape index (κ2) is 9.95. The highest BCUT2D eigenvalue weighted by Gasteiger charge is 2.19. The number of rotatable bonds is 9. The molecule has 3 rings (SSSR count). The summed E-state index contributed by atoms with van der Waals surface area (Å²) < 4.78 is 5.32. The minimum atomic E-state index is -0.0810. The maximum absolute atomic E-state index is 13.4. The number of ether oxygens (including phenoxy) is 1. The van der Waals surface area contributed by atoms with Crippen molar-refractivity contribution < 1.29 is 9.53 Å². The smallest absolute Gasteiger partial charge is 0.270 e. The third kappa shape index (κ3) is 5.32. The molecule has 2 heterocycles. The number of benzene rings is 1. The average Bonchev–Trinajstić information content (AvgIpc) is 3.20. The zero-order valence-corrected chi connectivity index (χ0v) is 18.3. The van der Waals surface area contributed by atoms with E-state index in [1.165, 1.54) is 6.20 Å². The van der Waals surface area contributed by atoms with Gasteiger partial charge in [0.25, 0.3) is 5.91 Å². The number of likely N-dealkylation sites (N-methyl/N-ethyl adjacent to an activating group) is 1. The standard InChI is InChI=1S/C24H29N5O2/c1-5-18(15-25)21-10-9-19-14-22(27-23(19)26-21)24(30)29(12-11-28(2)3)16-17-7-6-8-20(13-17)31-4/h5-10,13-15H,1,11-12,16,25H2,2-4H3,(H,26,27)/b18-15+. The number of nitrogens with two attached hydrogens (primary N) is 1. The number of amides is 1. The number of aromatic amines is 1. The van der Waals surface area contributed by atoms with Crippen molar-refractivity contribution in [3.05, 3.63) is 78.3 Å². The van der Waals surface area contributed by atoms with Crippen molar-refractivity contribution in [2.45, 2.75) is 6.54 Å². The minimum absolute atomic E-state index is 0.0810. The second-order valence-corrected chi connectivity index (χ2v) is 7.52. The highest BCUT2D eigenvalue weighted by molar-refractivity contribution is 5.97. The molecule has 0 unspecified atom stereocenters. The lowest BCUT2D eigenvalue weighted by molar-refractivity contribution is 0.0727. The van der Waals surface area contributed by atoms with Crippen LogP contribution in [0.1, 0.15) is 21.7 Å². The number of H-pyrrole nitrogens is 1. The Balaban J connectivity index is 1.90. The summed E-state index contributed by atoms with van der Waals surface area (Å²) in [6.07, 6.45) is 3.12. The highest BCUT2D eigenvalue weighted by atomic mass is 16.5. The number of nitrogens with one attached hydrogen (secondary N) is 1. The van der Waals surface area contributed by atoms with Crippen molar-refractivity contribution in [2.75, 3.05) is 34.3 Å². The van der Waals surface area contributed by atoms with Crippen molar-refractivity contribution in [3.63, 3.8) is 0 Å². The Labute approximate surface area is 182 Å². The molecule has 1 amide bonds. The van der Waals surface area contributed by atoms with Gasteiger partial charge in [0, 0.05) is 36.8 Å². The molecule has 31 heavy (non-hydrogen) atoms. The summed E-state index contributed by atoms with van der Waals surface area (Å²) in [5.41, 5.74) is 9.22. The van der Waals surface area contributed by atoms with E-state index in [1.807, 2.05) is 61.5 Å². The van der Waals surface area contributed by atoms with E-state index in [2.05, 4.69) is 21.4 Å². The summed E-state index contributed by atoms with van der Waals surface area (Å²) in [6.45, 7) is 5.58. The molecule has 0 spiro atoms. The molecule has 0 bridgehead atoms. The van der Waals surface area contributed by atoms with Gasteiger partial charge >= 0.3 is 0 Å². The van der Waals surface area contributed by atoms with E-state index in [4.69, 9.17) is 10.5 Å². The van der Waals surface area contributed by atoms with E-state index in [1.54, 1.807) is 13.2 Å². The molecule has 0 aliphatic rings. The fraction of sp³-hybridized carbons (Fsp3) is 0.250. The largest absolute Gasteiger partial charge is 0.497 e. The number of fused-ring (bicyclic) bond motifs is 1. The molecule has 0 aliphatic heterocycles. The number of aromatic nitrogens is 2. The van der Waals surface area contributed by atoms with Gasteiger partial charge < -0.3 is 25.3 Å². The Bertz CT molecular complexity index is 1100. The normalized spacial score (nSPS) is 11.7. The van der Waals surface area contributed by atoms with Gasteiger partial charge in [0.1, 0.15) is 17.1 Å². The highest BCUT2D eigenvalue weighted by Crippen LogP contribution is 2.21. The van der Waals surface area contributed by atoms with Crippen LogP contribution in [0.5, 0.6) is 5.75 Å². The van der Waals surface area contributed by atoms with Crippen LogP contribution in [0.15, 0.2) is 61.3 Å². The number of methoxy groups -OCH3 is 1. The second-order valence-electron chi connectivity index (χ2n) is 7.52. The fourth-order valence-corrected chi connectivity index (χ4v) is 3.27. The first-order valence-corrected chi connectivity index (χ1v) is 10.1. The Kier molecular flexibility index (Phi) is 7.10. The van der Waals surface area contributed by atoms with E-state index < -0.39 is 0 Å². The third-order valence-corrected chi connectivity index (χ3v) is 5.02. The Morgan fingerprint density at radius 2 is 2.03 bits per heavy atom. The fourth-order valence-electron chi connectivity index (χ4n) is 3.27. The number of nitrogens with zero attached hydrogens (tertiary/aromatic N) is 3. The summed E-state index contributed by atoms with van der Waals surface area (Å²) in [5, 5.41) is 0.862. The van der Waals surface area contributed by atoms with Gasteiger partial charge in [0.05, 0.1) is 12.8 Å². The first kappa shape index (κ1) is 22.1. The van der Waals surface area contributed by atoms with Crippen molar-refractivity contribution in [2.24, 2.45) is 5.73 Å². The van der Waals surface area contributed by atoms with E-state index in [-0.39, 0.29) is 5.91 Å².